The fourth-order valence-electron chi connectivity index (χ4n) is 3.91. The molecular weight excluding hydrogens is 293 g/mol. The molecule has 23 heavy (non-hydrogen) atoms. The summed E-state index contributed by atoms with van der Waals surface area (Å²) in [5.74, 6) is 0.902. The summed E-state index contributed by atoms with van der Waals surface area (Å²) < 4.78 is 19.6. The van der Waals surface area contributed by atoms with Crippen molar-refractivity contribution in [3.8, 4) is 11.5 Å². The summed E-state index contributed by atoms with van der Waals surface area (Å²) in [6.45, 7) is 2.09. The summed E-state index contributed by atoms with van der Waals surface area (Å²) in [5.41, 5.74) is 0.383. The molecule has 1 aromatic heterocycles. The van der Waals surface area contributed by atoms with Gasteiger partial charge in [0.1, 0.15) is 5.82 Å². The van der Waals surface area contributed by atoms with Crippen LogP contribution >= 0.6 is 0 Å². The van der Waals surface area contributed by atoms with E-state index in [1.165, 1.54) is 38.2 Å². The van der Waals surface area contributed by atoms with Crippen LogP contribution in [0, 0.1) is 5.82 Å². The quantitative estimate of drug-likeness (QED) is 0.858. The Morgan fingerprint density at radius 3 is 2.70 bits per heavy atom. The molecule has 0 spiro atoms. The summed E-state index contributed by atoms with van der Waals surface area (Å²) in [4.78, 5) is 2.58. The van der Waals surface area contributed by atoms with E-state index >= 15 is 0 Å². The average Bonchev–Trinajstić information content (AvgIpc) is 3.25. The molecular formula is C18H22FN3O. The summed E-state index contributed by atoms with van der Waals surface area (Å²) in [5, 5.41) is 8.24. The molecule has 5 heteroatoms. The van der Waals surface area contributed by atoms with Crippen LogP contribution in [0.1, 0.15) is 50.3 Å². The molecule has 4 nitrogen and oxygen atoms in total. The highest BCUT2D eigenvalue weighted by Gasteiger charge is 2.32. The number of nitrogens with zero attached hydrogens (tertiary/aromatic N) is 3. The minimum Gasteiger partial charge on any atom is -0.420 e. The molecule has 0 bridgehead atoms. The van der Waals surface area contributed by atoms with Gasteiger partial charge in [0.15, 0.2) is 0 Å². The molecule has 0 radical (unpaired) electrons. The van der Waals surface area contributed by atoms with Gasteiger partial charge in [-0.2, -0.15) is 0 Å². The largest absolute Gasteiger partial charge is 0.420 e. The smallest absolute Gasteiger partial charge is 0.250 e. The van der Waals surface area contributed by atoms with Gasteiger partial charge in [-0.3, -0.25) is 4.90 Å². The van der Waals surface area contributed by atoms with Crippen LogP contribution < -0.4 is 0 Å². The van der Waals surface area contributed by atoms with Crippen LogP contribution in [0.5, 0.6) is 0 Å². The summed E-state index contributed by atoms with van der Waals surface area (Å²) >= 11 is 0. The number of rotatable bonds is 3. The molecule has 1 aromatic carbocycles. The maximum Gasteiger partial charge on any atom is 0.250 e. The van der Waals surface area contributed by atoms with Gasteiger partial charge in [0.25, 0.3) is 5.89 Å². The van der Waals surface area contributed by atoms with Crippen LogP contribution in [0.4, 0.5) is 4.39 Å². The van der Waals surface area contributed by atoms with Crippen molar-refractivity contribution in [2.45, 2.75) is 50.5 Å². The molecule has 1 aliphatic carbocycles. The average molecular weight is 315 g/mol. The highest BCUT2D eigenvalue weighted by molar-refractivity contribution is 5.53. The second-order valence-corrected chi connectivity index (χ2v) is 6.70. The zero-order valence-electron chi connectivity index (χ0n) is 13.2. The van der Waals surface area contributed by atoms with Gasteiger partial charge in [0.2, 0.25) is 5.89 Å². The van der Waals surface area contributed by atoms with E-state index in [0.29, 0.717) is 11.5 Å². The van der Waals surface area contributed by atoms with Crippen molar-refractivity contribution >= 4 is 0 Å². The second-order valence-electron chi connectivity index (χ2n) is 6.70. The van der Waals surface area contributed by atoms with E-state index in [1.807, 2.05) is 0 Å². The molecule has 2 fully saturated rings. The Kier molecular flexibility index (Phi) is 4.12. The predicted molar refractivity (Wildman–Crippen MR) is 85.5 cm³/mol. The van der Waals surface area contributed by atoms with Gasteiger partial charge >= 0.3 is 0 Å². The van der Waals surface area contributed by atoms with E-state index in [1.54, 1.807) is 18.2 Å². The number of benzene rings is 1. The lowest BCUT2D eigenvalue weighted by Crippen LogP contribution is -2.34. The maximum atomic E-state index is 13.8. The second kappa shape index (κ2) is 6.40. The van der Waals surface area contributed by atoms with Crippen molar-refractivity contribution in [3.63, 3.8) is 0 Å². The first-order chi connectivity index (χ1) is 11.3. The van der Waals surface area contributed by atoms with E-state index in [2.05, 4.69) is 15.1 Å². The first-order valence-electron chi connectivity index (χ1n) is 8.63. The standard InChI is InChI=1S/C18H22FN3O/c19-16-9-5-4-8-15(16)18-21-20-17(23-18)13-10-11-22(12-13)14-6-2-1-3-7-14/h4-5,8-9,13-14H,1-3,6-7,10-12H2. The van der Waals surface area contributed by atoms with E-state index < -0.39 is 0 Å². The third kappa shape index (κ3) is 3.02. The molecule has 4 rings (SSSR count). The minimum atomic E-state index is -0.321. The minimum absolute atomic E-state index is 0.282. The lowest BCUT2D eigenvalue weighted by molar-refractivity contribution is 0.187. The van der Waals surface area contributed by atoms with Crippen molar-refractivity contribution in [2.24, 2.45) is 0 Å². The van der Waals surface area contributed by atoms with Crippen LogP contribution in [0.15, 0.2) is 28.7 Å². The normalized spacial score (nSPS) is 23.4. The number of hydrogen-bond donors (Lipinski definition) is 0. The third-order valence-corrected chi connectivity index (χ3v) is 5.20. The van der Waals surface area contributed by atoms with E-state index in [9.17, 15) is 4.39 Å². The zero-order valence-corrected chi connectivity index (χ0v) is 13.2. The van der Waals surface area contributed by atoms with Gasteiger partial charge in [0.05, 0.1) is 11.5 Å². The SMILES string of the molecule is Fc1ccccc1-c1nnc(C2CCN(C3CCCCC3)C2)o1. The van der Waals surface area contributed by atoms with Crippen molar-refractivity contribution in [1.29, 1.82) is 0 Å². The third-order valence-electron chi connectivity index (χ3n) is 5.20. The molecule has 1 atom stereocenters. The molecule has 2 aliphatic rings. The summed E-state index contributed by atoms with van der Waals surface area (Å²) in [6, 6.07) is 7.26. The Balaban J connectivity index is 1.46. The Hall–Kier alpha value is -1.75. The van der Waals surface area contributed by atoms with Crippen LogP contribution in [0.3, 0.4) is 0 Å². The molecule has 1 saturated carbocycles. The molecule has 0 N–H and O–H groups in total. The predicted octanol–water partition coefficient (Wildman–Crippen LogP) is 4.00. The Bertz CT molecular complexity index is 666. The van der Waals surface area contributed by atoms with Gasteiger partial charge in [-0.25, -0.2) is 4.39 Å². The summed E-state index contributed by atoms with van der Waals surface area (Å²) in [7, 11) is 0. The maximum absolute atomic E-state index is 13.8. The van der Waals surface area contributed by atoms with Crippen molar-refractivity contribution in [1.82, 2.24) is 15.1 Å². The van der Waals surface area contributed by atoms with Gasteiger partial charge in [-0.1, -0.05) is 31.4 Å². The fraction of sp³-hybridized carbons (Fsp3) is 0.556. The van der Waals surface area contributed by atoms with Gasteiger partial charge in [-0.05, 0) is 37.9 Å². The van der Waals surface area contributed by atoms with Crippen LogP contribution in [0.2, 0.25) is 0 Å². The monoisotopic (exact) mass is 315 g/mol. The number of hydrogen-bond acceptors (Lipinski definition) is 4. The Morgan fingerprint density at radius 2 is 1.87 bits per heavy atom. The van der Waals surface area contributed by atoms with Crippen molar-refractivity contribution in [3.05, 3.63) is 36.0 Å². The van der Waals surface area contributed by atoms with Crippen molar-refractivity contribution < 1.29 is 8.81 Å². The molecule has 1 unspecified atom stereocenters. The number of aromatic nitrogens is 2. The summed E-state index contributed by atoms with van der Waals surface area (Å²) in [6.07, 6.45) is 7.76. The van der Waals surface area contributed by atoms with E-state index in [4.69, 9.17) is 4.42 Å². The van der Waals surface area contributed by atoms with Gasteiger partial charge < -0.3 is 4.42 Å². The Labute approximate surface area is 135 Å². The topological polar surface area (TPSA) is 42.2 Å². The number of halogens is 1. The molecule has 1 aliphatic heterocycles. The van der Waals surface area contributed by atoms with Crippen LogP contribution in [-0.4, -0.2) is 34.2 Å². The highest BCUT2D eigenvalue weighted by atomic mass is 19.1. The number of likely N-dealkylation sites (tertiary alicyclic amines) is 1. The van der Waals surface area contributed by atoms with Crippen LogP contribution in [-0.2, 0) is 0 Å². The van der Waals surface area contributed by atoms with Gasteiger partial charge in [-0.15, -0.1) is 10.2 Å². The fourth-order valence-corrected chi connectivity index (χ4v) is 3.91. The molecule has 122 valence electrons. The molecule has 2 aromatic rings. The van der Waals surface area contributed by atoms with E-state index in [-0.39, 0.29) is 17.6 Å². The molecule has 1 saturated heterocycles. The Morgan fingerprint density at radius 1 is 1.04 bits per heavy atom. The zero-order chi connectivity index (χ0) is 15.6. The highest BCUT2D eigenvalue weighted by Crippen LogP contribution is 2.33. The van der Waals surface area contributed by atoms with Crippen molar-refractivity contribution in [2.75, 3.05) is 13.1 Å². The van der Waals surface area contributed by atoms with E-state index in [0.717, 1.165) is 25.6 Å². The first kappa shape index (κ1) is 14.8. The lowest BCUT2D eigenvalue weighted by atomic mass is 9.94. The first-order valence-corrected chi connectivity index (χ1v) is 8.63. The van der Waals surface area contributed by atoms with Crippen LogP contribution in [0.25, 0.3) is 11.5 Å². The lowest BCUT2D eigenvalue weighted by Gasteiger charge is -2.30. The molecule has 0 amide bonds. The molecule has 2 heterocycles. The van der Waals surface area contributed by atoms with Gasteiger partial charge in [0, 0.05) is 12.6 Å².